The van der Waals surface area contributed by atoms with Gasteiger partial charge in [-0.2, -0.15) is 0 Å². The second-order valence-corrected chi connectivity index (χ2v) is 5.69. The van der Waals surface area contributed by atoms with Crippen LogP contribution in [0.2, 0.25) is 0 Å². The Morgan fingerprint density at radius 2 is 1.71 bits per heavy atom. The number of ether oxygens (including phenoxy) is 2. The lowest BCUT2D eigenvalue weighted by molar-refractivity contribution is -0.0553. The van der Waals surface area contributed by atoms with E-state index in [1.165, 1.54) is 19.3 Å². The first-order valence-electron chi connectivity index (χ1n) is 5.57. The average molecular weight is 314 g/mol. The molecule has 0 aromatic rings. The van der Waals surface area contributed by atoms with Gasteiger partial charge in [0.15, 0.2) is 0 Å². The molecule has 0 heterocycles. The number of hydrogen-bond acceptors (Lipinski definition) is 2. The Bertz CT molecular complexity index is 107. The van der Waals surface area contributed by atoms with Crippen molar-refractivity contribution >= 4 is 22.6 Å². The highest BCUT2D eigenvalue weighted by Gasteiger charge is 1.95. The molecule has 0 spiro atoms. The van der Waals surface area contributed by atoms with E-state index in [9.17, 15) is 0 Å². The van der Waals surface area contributed by atoms with Gasteiger partial charge in [-0.15, -0.1) is 0 Å². The molecule has 0 amide bonds. The first-order chi connectivity index (χ1) is 6.77. The highest BCUT2D eigenvalue weighted by Crippen LogP contribution is 2.06. The summed E-state index contributed by atoms with van der Waals surface area (Å²) >= 11 is 2.44. The number of rotatable bonds is 10. The molecule has 0 saturated carbocycles. The average Bonchev–Trinajstić information content (AvgIpc) is 2.15. The van der Waals surface area contributed by atoms with E-state index in [1.807, 2.05) is 0 Å². The molecule has 3 heteroatoms. The van der Waals surface area contributed by atoms with Gasteiger partial charge in [0.2, 0.25) is 0 Å². The van der Waals surface area contributed by atoms with Gasteiger partial charge in [-0.05, 0) is 19.3 Å². The molecule has 0 bridgehead atoms. The monoisotopic (exact) mass is 314 g/mol. The molecule has 0 saturated heterocycles. The minimum Gasteiger partial charge on any atom is -0.355 e. The predicted octanol–water partition coefficient (Wildman–Crippen LogP) is 3.77. The van der Waals surface area contributed by atoms with Crippen molar-refractivity contribution in [3.8, 4) is 0 Å². The van der Waals surface area contributed by atoms with Crippen molar-refractivity contribution in [2.75, 3.05) is 20.0 Å². The van der Waals surface area contributed by atoms with E-state index >= 15 is 0 Å². The van der Waals surface area contributed by atoms with Crippen molar-refractivity contribution in [3.63, 3.8) is 0 Å². The van der Waals surface area contributed by atoms with E-state index in [0.29, 0.717) is 6.79 Å². The summed E-state index contributed by atoms with van der Waals surface area (Å²) in [6.07, 6.45) is 6.04. The SMILES string of the molecule is CCCCCOCOCCCC(C)I. The van der Waals surface area contributed by atoms with Crippen molar-refractivity contribution < 1.29 is 9.47 Å². The van der Waals surface area contributed by atoms with Gasteiger partial charge in [-0.3, -0.25) is 0 Å². The number of halogens is 1. The quantitative estimate of drug-likeness (QED) is 0.264. The normalized spacial score (nSPS) is 13.1. The summed E-state index contributed by atoms with van der Waals surface area (Å²) in [7, 11) is 0. The number of hydrogen-bond donors (Lipinski definition) is 0. The zero-order valence-corrected chi connectivity index (χ0v) is 11.6. The molecule has 0 fully saturated rings. The van der Waals surface area contributed by atoms with Gasteiger partial charge in [0, 0.05) is 17.1 Å². The third kappa shape index (κ3) is 12.7. The summed E-state index contributed by atoms with van der Waals surface area (Å²) < 4.78 is 11.4. The molecule has 0 rings (SSSR count). The van der Waals surface area contributed by atoms with Gasteiger partial charge >= 0.3 is 0 Å². The Kier molecular flexibility index (Phi) is 12.3. The van der Waals surface area contributed by atoms with Crippen LogP contribution in [0, 0.1) is 0 Å². The van der Waals surface area contributed by atoms with Gasteiger partial charge in [0.1, 0.15) is 6.79 Å². The van der Waals surface area contributed by atoms with Crippen LogP contribution in [0.1, 0.15) is 46.0 Å². The van der Waals surface area contributed by atoms with Crippen LogP contribution in [-0.4, -0.2) is 23.9 Å². The summed E-state index contributed by atoms with van der Waals surface area (Å²) in [5.41, 5.74) is 0. The molecule has 0 aliphatic rings. The molecule has 2 nitrogen and oxygen atoms in total. The van der Waals surface area contributed by atoms with Crippen LogP contribution >= 0.6 is 22.6 Å². The van der Waals surface area contributed by atoms with Crippen molar-refractivity contribution in [1.29, 1.82) is 0 Å². The van der Waals surface area contributed by atoms with E-state index in [0.717, 1.165) is 30.0 Å². The van der Waals surface area contributed by atoms with Crippen molar-refractivity contribution in [1.82, 2.24) is 0 Å². The molecule has 0 N–H and O–H groups in total. The standard InChI is InChI=1S/C11H23IO2/c1-3-4-5-8-13-10-14-9-6-7-11(2)12/h11H,3-10H2,1-2H3. The van der Waals surface area contributed by atoms with Crippen LogP contribution < -0.4 is 0 Å². The molecule has 0 radical (unpaired) electrons. The summed E-state index contributed by atoms with van der Waals surface area (Å²) in [5.74, 6) is 0. The Labute approximate surface area is 102 Å². The third-order valence-electron chi connectivity index (χ3n) is 1.95. The number of unbranched alkanes of at least 4 members (excludes halogenated alkanes) is 2. The Balaban J connectivity index is 2.85. The second kappa shape index (κ2) is 11.7. The lowest BCUT2D eigenvalue weighted by atomic mass is 10.3. The Hall–Kier alpha value is 0.650. The maximum atomic E-state index is 5.34. The molecule has 1 atom stereocenters. The summed E-state index contributed by atoms with van der Waals surface area (Å²) in [6.45, 7) is 6.57. The molecule has 0 aromatic carbocycles. The summed E-state index contributed by atoms with van der Waals surface area (Å²) in [6, 6.07) is 0. The van der Waals surface area contributed by atoms with Crippen LogP contribution in [0.3, 0.4) is 0 Å². The largest absolute Gasteiger partial charge is 0.355 e. The first-order valence-corrected chi connectivity index (χ1v) is 6.81. The van der Waals surface area contributed by atoms with Crippen molar-refractivity contribution in [3.05, 3.63) is 0 Å². The lowest BCUT2D eigenvalue weighted by Crippen LogP contribution is -2.04. The topological polar surface area (TPSA) is 18.5 Å². The second-order valence-electron chi connectivity index (χ2n) is 3.56. The molecule has 0 aliphatic carbocycles. The van der Waals surface area contributed by atoms with Gasteiger partial charge < -0.3 is 9.47 Å². The zero-order chi connectivity index (χ0) is 10.6. The first kappa shape index (κ1) is 14.6. The fourth-order valence-corrected chi connectivity index (χ4v) is 1.54. The highest BCUT2D eigenvalue weighted by atomic mass is 127. The molecule has 14 heavy (non-hydrogen) atoms. The molecular weight excluding hydrogens is 291 g/mol. The van der Waals surface area contributed by atoms with Gasteiger partial charge in [0.25, 0.3) is 0 Å². The van der Waals surface area contributed by atoms with E-state index in [2.05, 4.69) is 36.4 Å². The van der Waals surface area contributed by atoms with Crippen LogP contribution in [0.5, 0.6) is 0 Å². The van der Waals surface area contributed by atoms with Crippen LogP contribution in [0.4, 0.5) is 0 Å². The Morgan fingerprint density at radius 1 is 1.07 bits per heavy atom. The van der Waals surface area contributed by atoms with Crippen LogP contribution in [0.25, 0.3) is 0 Å². The number of alkyl halides is 1. The third-order valence-corrected chi connectivity index (χ3v) is 2.57. The molecular formula is C11H23IO2. The van der Waals surface area contributed by atoms with Crippen molar-refractivity contribution in [2.45, 2.75) is 49.9 Å². The van der Waals surface area contributed by atoms with Gasteiger partial charge in [-0.1, -0.05) is 49.3 Å². The molecule has 0 aliphatic heterocycles. The van der Waals surface area contributed by atoms with E-state index in [-0.39, 0.29) is 0 Å². The van der Waals surface area contributed by atoms with Crippen molar-refractivity contribution in [2.24, 2.45) is 0 Å². The summed E-state index contributed by atoms with van der Waals surface area (Å²) in [5, 5.41) is 0. The highest BCUT2D eigenvalue weighted by molar-refractivity contribution is 14.1. The minimum atomic E-state index is 0.472. The smallest absolute Gasteiger partial charge is 0.146 e. The zero-order valence-electron chi connectivity index (χ0n) is 9.43. The lowest BCUT2D eigenvalue weighted by Gasteiger charge is -2.06. The Morgan fingerprint density at radius 3 is 2.29 bits per heavy atom. The van der Waals surface area contributed by atoms with Gasteiger partial charge in [-0.25, -0.2) is 0 Å². The van der Waals surface area contributed by atoms with Crippen LogP contribution in [0.15, 0.2) is 0 Å². The van der Waals surface area contributed by atoms with Crippen LogP contribution in [-0.2, 0) is 9.47 Å². The van der Waals surface area contributed by atoms with E-state index < -0.39 is 0 Å². The van der Waals surface area contributed by atoms with E-state index in [1.54, 1.807) is 0 Å². The fraction of sp³-hybridized carbons (Fsp3) is 1.00. The van der Waals surface area contributed by atoms with E-state index in [4.69, 9.17) is 9.47 Å². The maximum absolute atomic E-state index is 5.34. The molecule has 86 valence electrons. The molecule has 0 aromatic heterocycles. The fourth-order valence-electron chi connectivity index (χ4n) is 1.10. The van der Waals surface area contributed by atoms with Gasteiger partial charge in [0.05, 0.1) is 0 Å². The predicted molar refractivity (Wildman–Crippen MR) is 69.0 cm³/mol. The maximum Gasteiger partial charge on any atom is 0.146 e. The molecule has 1 unspecified atom stereocenters. The summed E-state index contributed by atoms with van der Waals surface area (Å²) in [4.78, 5) is 0. The minimum absolute atomic E-state index is 0.472.